The molecule has 0 heterocycles. The van der Waals surface area contributed by atoms with Crippen LogP contribution < -0.4 is 5.73 Å². The topological polar surface area (TPSA) is 69.2 Å². The zero-order valence-electron chi connectivity index (χ0n) is 6.37. The van der Waals surface area contributed by atoms with E-state index in [4.69, 9.17) is 5.73 Å². The molecule has 1 aromatic rings. The SMILES string of the molecule is Cc1cc([N+](=O)[O-])c(Br)cc1N. The summed E-state index contributed by atoms with van der Waals surface area (Å²) in [6.45, 7) is 1.73. The minimum absolute atomic E-state index is 0.0432. The van der Waals surface area contributed by atoms with Crippen molar-refractivity contribution < 1.29 is 4.92 Å². The second kappa shape index (κ2) is 3.10. The maximum absolute atomic E-state index is 10.4. The highest BCUT2D eigenvalue weighted by atomic mass is 79.9. The third-order valence-electron chi connectivity index (χ3n) is 1.53. The van der Waals surface area contributed by atoms with Gasteiger partial charge in [-0.3, -0.25) is 10.1 Å². The lowest BCUT2D eigenvalue weighted by Crippen LogP contribution is -1.94. The Hall–Kier alpha value is -1.10. The molecule has 0 aliphatic rings. The number of aryl methyl sites for hydroxylation is 1. The highest BCUT2D eigenvalue weighted by molar-refractivity contribution is 9.10. The van der Waals surface area contributed by atoms with Gasteiger partial charge in [-0.2, -0.15) is 0 Å². The first-order valence-electron chi connectivity index (χ1n) is 3.22. The Morgan fingerprint density at radius 1 is 1.58 bits per heavy atom. The number of nitrogen functional groups attached to an aromatic ring is 1. The summed E-state index contributed by atoms with van der Waals surface area (Å²) in [4.78, 5) is 9.97. The molecule has 5 heteroatoms. The molecule has 0 aromatic heterocycles. The van der Waals surface area contributed by atoms with Gasteiger partial charge in [-0.05, 0) is 34.5 Å². The minimum atomic E-state index is -0.448. The molecule has 0 unspecified atom stereocenters. The maximum atomic E-state index is 10.4. The lowest BCUT2D eigenvalue weighted by molar-refractivity contribution is -0.385. The van der Waals surface area contributed by atoms with Crippen molar-refractivity contribution in [3.8, 4) is 0 Å². The zero-order valence-corrected chi connectivity index (χ0v) is 7.96. The van der Waals surface area contributed by atoms with Crippen molar-refractivity contribution >= 4 is 27.3 Å². The summed E-state index contributed by atoms with van der Waals surface area (Å²) in [7, 11) is 0. The maximum Gasteiger partial charge on any atom is 0.283 e. The van der Waals surface area contributed by atoms with E-state index in [0.717, 1.165) is 0 Å². The number of nitrogens with zero attached hydrogens (tertiary/aromatic N) is 1. The van der Waals surface area contributed by atoms with Crippen LogP contribution in [-0.4, -0.2) is 4.92 Å². The van der Waals surface area contributed by atoms with E-state index in [2.05, 4.69) is 15.9 Å². The predicted molar refractivity (Wildman–Crippen MR) is 49.9 cm³/mol. The summed E-state index contributed by atoms with van der Waals surface area (Å²) >= 11 is 3.06. The van der Waals surface area contributed by atoms with E-state index < -0.39 is 4.92 Å². The molecule has 0 aliphatic carbocycles. The van der Waals surface area contributed by atoms with Gasteiger partial charge in [0.05, 0.1) is 9.40 Å². The number of rotatable bonds is 1. The molecule has 0 amide bonds. The highest BCUT2D eigenvalue weighted by Crippen LogP contribution is 2.29. The fourth-order valence-electron chi connectivity index (χ4n) is 0.822. The second-order valence-electron chi connectivity index (χ2n) is 2.42. The van der Waals surface area contributed by atoms with E-state index >= 15 is 0 Å². The Labute approximate surface area is 77.7 Å². The molecule has 64 valence electrons. The van der Waals surface area contributed by atoms with E-state index in [1.165, 1.54) is 12.1 Å². The van der Waals surface area contributed by atoms with Crippen LogP contribution in [0.2, 0.25) is 0 Å². The smallest absolute Gasteiger partial charge is 0.283 e. The molecule has 1 rings (SSSR count). The van der Waals surface area contributed by atoms with Gasteiger partial charge in [0, 0.05) is 11.8 Å². The average molecular weight is 231 g/mol. The van der Waals surface area contributed by atoms with Gasteiger partial charge in [0.1, 0.15) is 0 Å². The highest BCUT2D eigenvalue weighted by Gasteiger charge is 2.12. The Kier molecular flexibility index (Phi) is 2.32. The normalized spacial score (nSPS) is 9.83. The lowest BCUT2D eigenvalue weighted by Gasteiger charge is -2.00. The monoisotopic (exact) mass is 230 g/mol. The van der Waals surface area contributed by atoms with Crippen LogP contribution in [0.3, 0.4) is 0 Å². The molecular weight excluding hydrogens is 224 g/mol. The van der Waals surface area contributed by atoms with Gasteiger partial charge >= 0.3 is 0 Å². The molecule has 0 saturated carbocycles. The van der Waals surface area contributed by atoms with E-state index in [1.54, 1.807) is 6.92 Å². The number of nitro benzene ring substituents is 1. The number of hydrogen-bond donors (Lipinski definition) is 1. The molecule has 0 aliphatic heterocycles. The zero-order chi connectivity index (χ0) is 9.30. The summed E-state index contributed by atoms with van der Waals surface area (Å²) in [6, 6.07) is 2.98. The van der Waals surface area contributed by atoms with E-state index in [-0.39, 0.29) is 5.69 Å². The molecule has 0 spiro atoms. The fourth-order valence-corrected chi connectivity index (χ4v) is 1.33. The van der Waals surface area contributed by atoms with Crippen molar-refractivity contribution in [1.82, 2.24) is 0 Å². The van der Waals surface area contributed by atoms with E-state index in [1.807, 2.05) is 0 Å². The molecule has 4 nitrogen and oxygen atoms in total. The fraction of sp³-hybridized carbons (Fsp3) is 0.143. The molecule has 0 bridgehead atoms. The van der Waals surface area contributed by atoms with Crippen LogP contribution in [0.5, 0.6) is 0 Å². The van der Waals surface area contributed by atoms with Crippen LogP contribution in [0.15, 0.2) is 16.6 Å². The number of hydrogen-bond acceptors (Lipinski definition) is 3. The van der Waals surface area contributed by atoms with Crippen molar-refractivity contribution in [3.63, 3.8) is 0 Å². The quantitative estimate of drug-likeness (QED) is 0.457. The summed E-state index contributed by atoms with van der Waals surface area (Å²) in [6.07, 6.45) is 0. The first-order chi connectivity index (χ1) is 5.52. The third kappa shape index (κ3) is 1.55. The molecule has 0 saturated heterocycles. The number of benzene rings is 1. The van der Waals surface area contributed by atoms with Crippen LogP contribution in [0.4, 0.5) is 11.4 Å². The molecule has 12 heavy (non-hydrogen) atoms. The Bertz CT molecular complexity index is 338. The lowest BCUT2D eigenvalue weighted by atomic mass is 10.2. The number of nitrogens with two attached hydrogens (primary N) is 1. The second-order valence-corrected chi connectivity index (χ2v) is 3.27. The molecule has 0 fully saturated rings. The summed E-state index contributed by atoms with van der Waals surface area (Å²) in [5.74, 6) is 0. The minimum Gasteiger partial charge on any atom is -0.398 e. The molecule has 2 N–H and O–H groups in total. The van der Waals surface area contributed by atoms with Gasteiger partial charge in [0.2, 0.25) is 0 Å². The van der Waals surface area contributed by atoms with E-state index in [0.29, 0.717) is 15.7 Å². The van der Waals surface area contributed by atoms with Crippen LogP contribution in [-0.2, 0) is 0 Å². The Balaban J connectivity index is 3.33. The first kappa shape index (κ1) is 8.99. The number of anilines is 1. The van der Waals surface area contributed by atoms with Gasteiger partial charge in [-0.1, -0.05) is 0 Å². The van der Waals surface area contributed by atoms with Crippen LogP contribution in [0.1, 0.15) is 5.56 Å². The summed E-state index contributed by atoms with van der Waals surface area (Å²) < 4.78 is 0.413. The Morgan fingerprint density at radius 2 is 2.17 bits per heavy atom. The van der Waals surface area contributed by atoms with Gasteiger partial charge in [-0.15, -0.1) is 0 Å². The van der Waals surface area contributed by atoms with Gasteiger partial charge in [0.15, 0.2) is 0 Å². The van der Waals surface area contributed by atoms with Crippen molar-refractivity contribution in [1.29, 1.82) is 0 Å². The van der Waals surface area contributed by atoms with Crippen molar-refractivity contribution in [2.45, 2.75) is 6.92 Å². The molecule has 0 atom stereocenters. The van der Waals surface area contributed by atoms with Crippen molar-refractivity contribution in [2.24, 2.45) is 0 Å². The van der Waals surface area contributed by atoms with Gasteiger partial charge in [0.25, 0.3) is 5.69 Å². The Morgan fingerprint density at radius 3 is 2.67 bits per heavy atom. The van der Waals surface area contributed by atoms with Crippen molar-refractivity contribution in [3.05, 3.63) is 32.3 Å². The number of nitro groups is 1. The summed E-state index contributed by atoms with van der Waals surface area (Å²) in [5, 5.41) is 10.4. The van der Waals surface area contributed by atoms with Crippen molar-refractivity contribution in [2.75, 3.05) is 5.73 Å². The van der Waals surface area contributed by atoms with Gasteiger partial charge in [-0.25, -0.2) is 0 Å². The molecule has 1 aromatic carbocycles. The molecular formula is C7H7BrN2O2. The summed E-state index contributed by atoms with van der Waals surface area (Å²) in [5.41, 5.74) is 6.84. The van der Waals surface area contributed by atoms with Gasteiger partial charge < -0.3 is 5.73 Å². The standard InChI is InChI=1S/C7H7BrN2O2/c1-4-2-7(10(11)12)5(8)3-6(4)9/h2-3H,9H2,1H3. The van der Waals surface area contributed by atoms with E-state index in [9.17, 15) is 10.1 Å². The molecule has 0 radical (unpaired) electrons. The van der Waals surface area contributed by atoms with Crippen LogP contribution >= 0.6 is 15.9 Å². The largest absolute Gasteiger partial charge is 0.398 e. The number of halogens is 1. The van der Waals surface area contributed by atoms with Crippen LogP contribution in [0, 0.1) is 17.0 Å². The van der Waals surface area contributed by atoms with Crippen LogP contribution in [0.25, 0.3) is 0 Å². The average Bonchev–Trinajstić information content (AvgIpc) is 1.96. The predicted octanol–water partition coefficient (Wildman–Crippen LogP) is 2.25. The third-order valence-corrected chi connectivity index (χ3v) is 2.17. The first-order valence-corrected chi connectivity index (χ1v) is 4.01.